The van der Waals surface area contributed by atoms with E-state index in [2.05, 4.69) is 25.8 Å². The third-order valence-electron chi connectivity index (χ3n) is 8.78. The molecule has 2 amide bonds. The quantitative estimate of drug-likeness (QED) is 0.130. The van der Waals surface area contributed by atoms with Gasteiger partial charge < -0.3 is 30.2 Å². The zero-order valence-corrected chi connectivity index (χ0v) is 31.6. The van der Waals surface area contributed by atoms with Gasteiger partial charge in [0.25, 0.3) is 5.91 Å². The average molecular weight is 766 g/mol. The maximum Gasteiger partial charge on any atom is 0.511 e. The molecule has 0 bridgehead atoms. The zero-order valence-electron chi connectivity index (χ0n) is 29.1. The number of ether oxygens (including phenoxy) is 3. The van der Waals surface area contributed by atoms with Crippen LogP contribution in [0.25, 0.3) is 0 Å². The number of nitrogens with zero attached hydrogens (tertiary/aromatic N) is 7. The molecule has 16 nitrogen and oxygen atoms in total. The van der Waals surface area contributed by atoms with Crippen molar-refractivity contribution in [3.63, 3.8) is 0 Å². The Morgan fingerprint density at radius 3 is 2.43 bits per heavy atom. The van der Waals surface area contributed by atoms with E-state index in [1.165, 1.54) is 71.9 Å². The number of hydrogen-bond donors (Lipinski definition) is 2. The van der Waals surface area contributed by atoms with Crippen molar-refractivity contribution in [2.45, 2.75) is 106 Å². The number of carbonyl (C=O) groups excluding carboxylic acids is 4. The number of aromatic nitrogens is 5. The number of carbonyl (C=O) groups is 4. The van der Waals surface area contributed by atoms with E-state index in [0.29, 0.717) is 39.6 Å². The van der Waals surface area contributed by atoms with Gasteiger partial charge in [-0.2, -0.15) is 0 Å². The minimum atomic E-state index is -0.893. The highest BCUT2D eigenvalue weighted by Gasteiger charge is 2.54. The predicted molar refractivity (Wildman–Crippen MR) is 192 cm³/mol. The summed E-state index contributed by atoms with van der Waals surface area (Å²) in [4.78, 5) is 60.0. The Morgan fingerprint density at radius 2 is 1.76 bits per heavy atom. The molecule has 1 aliphatic carbocycles. The van der Waals surface area contributed by atoms with Gasteiger partial charge >= 0.3 is 12.1 Å². The van der Waals surface area contributed by atoms with Crippen LogP contribution >= 0.6 is 34.9 Å². The second-order valence-electron chi connectivity index (χ2n) is 13.0. The highest BCUT2D eigenvalue weighted by Crippen LogP contribution is 2.42. The van der Waals surface area contributed by atoms with E-state index in [0.717, 1.165) is 45.1 Å². The summed E-state index contributed by atoms with van der Waals surface area (Å²) in [5.41, 5.74) is 6.87. The lowest BCUT2D eigenvalue weighted by Gasteiger charge is -2.49. The third-order valence-corrected chi connectivity index (χ3v) is 11.9. The predicted octanol–water partition coefficient (Wildman–Crippen LogP) is 3.59. The van der Waals surface area contributed by atoms with Crippen LogP contribution in [0.2, 0.25) is 0 Å². The van der Waals surface area contributed by atoms with Crippen LogP contribution in [-0.2, 0) is 41.6 Å². The smallest absolute Gasteiger partial charge is 0.431 e. The van der Waals surface area contributed by atoms with Gasteiger partial charge in [-0.1, -0.05) is 56.7 Å². The number of fused-ring (bicyclic) bond motifs is 1. The molecule has 0 radical (unpaired) electrons. The van der Waals surface area contributed by atoms with Gasteiger partial charge in [-0.15, -0.1) is 28.2 Å². The van der Waals surface area contributed by atoms with E-state index in [1.807, 2.05) is 19.0 Å². The van der Waals surface area contributed by atoms with Gasteiger partial charge in [-0.05, 0) is 55.8 Å². The molecule has 0 spiro atoms. The van der Waals surface area contributed by atoms with Crippen molar-refractivity contribution >= 4 is 63.9 Å². The fourth-order valence-electron chi connectivity index (χ4n) is 6.08. The molecule has 2 aromatic rings. The molecule has 19 heteroatoms. The number of nitrogen functional groups attached to an aromatic ring is 1. The van der Waals surface area contributed by atoms with Crippen molar-refractivity contribution in [1.29, 1.82) is 0 Å². The molecular formula is C32H47N9O7S3. The molecule has 2 fully saturated rings. The molecule has 1 saturated heterocycles. The maximum atomic E-state index is 13.6. The summed E-state index contributed by atoms with van der Waals surface area (Å²) < 4.78 is 17.9. The number of nitrogens with two attached hydrogens (primary N) is 1. The molecule has 0 aromatic carbocycles. The monoisotopic (exact) mass is 765 g/mol. The largest absolute Gasteiger partial charge is 0.511 e. The summed E-state index contributed by atoms with van der Waals surface area (Å²) in [5.74, 6) is -0.982. The number of esters is 1. The first kappa shape index (κ1) is 38.8. The van der Waals surface area contributed by atoms with Gasteiger partial charge in [0.05, 0.1) is 18.7 Å². The number of anilines is 1. The van der Waals surface area contributed by atoms with E-state index in [9.17, 15) is 19.2 Å². The molecule has 0 unspecified atom stereocenters. The van der Waals surface area contributed by atoms with Crippen LogP contribution in [-0.4, -0.2) is 115 Å². The summed E-state index contributed by atoms with van der Waals surface area (Å²) in [6, 6.07) is -0.842. The maximum absolute atomic E-state index is 13.6. The van der Waals surface area contributed by atoms with E-state index < -0.39 is 36.2 Å². The molecule has 4 heterocycles. The minimum Gasteiger partial charge on any atom is -0.431 e. The topological polar surface area (TPSA) is 197 Å². The van der Waals surface area contributed by atoms with Gasteiger partial charge in [-0.25, -0.2) is 19.3 Å². The first-order valence-electron chi connectivity index (χ1n) is 17.4. The highest BCUT2D eigenvalue weighted by molar-refractivity contribution is 8.01. The first-order chi connectivity index (χ1) is 24.7. The number of thiazole rings is 1. The highest BCUT2D eigenvalue weighted by atomic mass is 32.2. The number of amides is 2. The molecule has 5 rings (SSSR count). The zero-order chi connectivity index (χ0) is 36.2. The van der Waals surface area contributed by atoms with Crippen LogP contribution in [0.4, 0.5) is 9.93 Å². The van der Waals surface area contributed by atoms with Crippen molar-refractivity contribution in [2.24, 2.45) is 0 Å². The second-order valence-corrected chi connectivity index (χ2v) is 15.9. The normalized spacial score (nSPS) is 20.5. The Balaban J connectivity index is 1.21. The first-order valence-corrected chi connectivity index (χ1v) is 20.3. The Labute approximate surface area is 309 Å². The fourth-order valence-corrected chi connectivity index (χ4v) is 9.03. The Bertz CT molecular complexity index is 1520. The summed E-state index contributed by atoms with van der Waals surface area (Å²) in [6.07, 6.45) is 10.7. The number of nitrogens with one attached hydrogen (secondary N) is 1. The van der Waals surface area contributed by atoms with Gasteiger partial charge in [0.15, 0.2) is 5.13 Å². The third kappa shape index (κ3) is 11.3. The van der Waals surface area contributed by atoms with E-state index in [4.69, 9.17) is 19.9 Å². The molecule has 2 aromatic heterocycles. The van der Waals surface area contributed by atoms with Crippen molar-refractivity contribution < 1.29 is 33.4 Å². The fraction of sp³-hybridized carbons (Fsp3) is 0.688. The second kappa shape index (κ2) is 19.4. The summed E-state index contributed by atoms with van der Waals surface area (Å²) in [7, 11) is 3.91. The van der Waals surface area contributed by atoms with E-state index in [-0.39, 0.29) is 24.1 Å². The van der Waals surface area contributed by atoms with Crippen molar-refractivity contribution in [2.75, 3.05) is 44.7 Å². The molecule has 2 atom stereocenters. The molecule has 2 aliphatic heterocycles. The van der Waals surface area contributed by atoms with Gasteiger partial charge in [-0.3, -0.25) is 14.5 Å². The van der Waals surface area contributed by atoms with Crippen LogP contribution in [0, 0.1) is 0 Å². The molecule has 280 valence electrons. The lowest BCUT2D eigenvalue weighted by Crippen LogP contribution is -2.70. The molecule has 1 saturated carbocycles. The molecule has 51 heavy (non-hydrogen) atoms. The Kier molecular flexibility index (Phi) is 14.8. The van der Waals surface area contributed by atoms with E-state index in [1.54, 1.807) is 10.1 Å². The minimum absolute atomic E-state index is 0.0294. The van der Waals surface area contributed by atoms with Gasteiger partial charge in [0.2, 0.25) is 17.9 Å². The Morgan fingerprint density at radius 1 is 1.06 bits per heavy atom. The Hall–Kier alpha value is -3.42. The van der Waals surface area contributed by atoms with Crippen LogP contribution in [0.1, 0.15) is 76.3 Å². The number of likely N-dealkylation sites (N-methyl/N-ethyl adjacent to an activating group) is 1. The molecule has 3 aliphatic rings. The summed E-state index contributed by atoms with van der Waals surface area (Å²) in [5, 5.41) is 16.8. The van der Waals surface area contributed by atoms with Crippen LogP contribution in [0.5, 0.6) is 0 Å². The number of rotatable bonds is 13. The van der Waals surface area contributed by atoms with E-state index >= 15 is 0 Å². The number of tetrazole rings is 1. The molecule has 3 N–H and O–H groups in total. The summed E-state index contributed by atoms with van der Waals surface area (Å²) >= 11 is 3.99. The standard InChI is InChI=1S/C32H47N9O7S3/c1-39(2)14-15-40-31(36-37-38-40)51-18-21-17-49-28-25(35-24(42)16-22-19-50-30(33)34-22)27(43)41(28)26(21)29(44)46-20-47-32(45)48-23-12-10-8-6-4-3-5-7-9-11-13-23/h19,23,25,28H,3-18,20H2,1-2H3,(H2,33,34)(H,35,42)/t25-,28-/m1/s1. The van der Waals surface area contributed by atoms with Crippen LogP contribution < -0.4 is 11.1 Å². The van der Waals surface area contributed by atoms with Gasteiger partial charge in [0, 0.05) is 23.4 Å². The van der Waals surface area contributed by atoms with Crippen molar-refractivity contribution in [1.82, 2.24) is 40.3 Å². The van der Waals surface area contributed by atoms with Crippen LogP contribution in [0.15, 0.2) is 21.8 Å². The average Bonchev–Trinajstić information content (AvgIpc) is 3.73. The molecular weight excluding hydrogens is 719 g/mol. The SMILES string of the molecule is CN(C)CCn1nnnc1SCC1=C(C(=O)OCOC(=O)OC2CCCCCCCCCCC2)N2C(=O)[C@@H](NC(=O)Cc3csc(N)n3)[C@H]2SC1. The lowest BCUT2D eigenvalue weighted by molar-refractivity contribution is -0.158. The van der Waals surface area contributed by atoms with Crippen LogP contribution in [0.3, 0.4) is 0 Å². The number of thioether (sulfide) groups is 2. The number of β-lactam (4-membered cyclic amide) rings is 1. The van der Waals surface area contributed by atoms with Gasteiger partial charge in [0.1, 0.15) is 23.2 Å². The van der Waals surface area contributed by atoms with Crippen molar-refractivity contribution in [3.05, 3.63) is 22.3 Å². The summed E-state index contributed by atoms with van der Waals surface area (Å²) in [6.45, 7) is 0.625. The number of hydrogen-bond acceptors (Lipinski definition) is 16. The van der Waals surface area contributed by atoms with Crippen molar-refractivity contribution in [3.8, 4) is 0 Å². The lowest BCUT2D eigenvalue weighted by atomic mass is 9.99.